The monoisotopic (exact) mass is 296 g/mol. The number of fused-ring (bicyclic) bond motifs is 1. The molecule has 0 aliphatic rings. The number of carbonyl (C=O) groups excluding carboxylic acids is 1. The third-order valence-electron chi connectivity index (χ3n) is 2.94. The van der Waals surface area contributed by atoms with E-state index in [1.54, 1.807) is 0 Å². The Hall–Kier alpha value is -2.15. The summed E-state index contributed by atoms with van der Waals surface area (Å²) < 4.78 is 2.23. The van der Waals surface area contributed by atoms with Crippen LogP contribution in [0.4, 0.5) is 5.69 Å². The first kappa shape index (κ1) is 14.3. The number of aromatic nitrogens is 3. The molecule has 0 bridgehead atoms. The Morgan fingerprint density at radius 1 is 1.35 bits per heavy atom. The molecule has 0 aliphatic heterocycles. The minimum atomic E-state index is -0.502. The lowest BCUT2D eigenvalue weighted by Crippen LogP contribution is -2.37. The van der Waals surface area contributed by atoms with E-state index in [0.717, 1.165) is 4.57 Å². The smallest absolute Gasteiger partial charge is 0.325 e. The molecule has 2 aromatic rings. The van der Waals surface area contributed by atoms with Gasteiger partial charge in [0.15, 0.2) is 5.65 Å². The highest BCUT2D eigenvalue weighted by atomic mass is 35.5. The predicted molar refractivity (Wildman–Crippen MR) is 76.2 cm³/mol. The largest absolute Gasteiger partial charge is 0.332 e. The van der Waals surface area contributed by atoms with Gasteiger partial charge in [0.2, 0.25) is 5.91 Å². The zero-order valence-electron chi connectivity index (χ0n) is 11.0. The van der Waals surface area contributed by atoms with Gasteiger partial charge in [-0.2, -0.15) is 0 Å². The van der Waals surface area contributed by atoms with E-state index in [4.69, 9.17) is 11.6 Å². The van der Waals surface area contributed by atoms with Crippen LogP contribution in [0.2, 0.25) is 0 Å². The summed E-state index contributed by atoms with van der Waals surface area (Å²) in [6.07, 6.45) is 1.56. The van der Waals surface area contributed by atoms with Gasteiger partial charge in [0, 0.05) is 32.6 Å². The maximum absolute atomic E-state index is 12.2. The highest BCUT2D eigenvalue weighted by Crippen LogP contribution is 2.16. The summed E-state index contributed by atoms with van der Waals surface area (Å²) in [7, 11) is 2.89. The van der Waals surface area contributed by atoms with Crippen LogP contribution in [0.5, 0.6) is 0 Å². The fraction of sp³-hybridized carbons (Fsp3) is 0.333. The van der Waals surface area contributed by atoms with Gasteiger partial charge in [-0.25, -0.2) is 9.78 Å². The van der Waals surface area contributed by atoms with Crippen molar-refractivity contribution in [2.24, 2.45) is 14.1 Å². The maximum Gasteiger partial charge on any atom is 0.332 e. The van der Waals surface area contributed by atoms with Crippen molar-refractivity contribution in [3.63, 3.8) is 0 Å². The standard InChI is InChI=1S/C12H13ClN4O3/c1-16-10-9(11(19)17(2)12(16)20)7(4-6-14-10)15-8(18)3-5-13/h4,6H,3,5H2,1-2H3,(H,14,15,18). The molecule has 0 saturated heterocycles. The summed E-state index contributed by atoms with van der Waals surface area (Å²) in [5.41, 5.74) is -0.431. The number of hydrogen-bond acceptors (Lipinski definition) is 4. The second kappa shape index (κ2) is 5.46. The number of hydrogen-bond donors (Lipinski definition) is 1. The number of pyridine rings is 1. The number of aryl methyl sites for hydroxylation is 1. The Labute approximate surface area is 118 Å². The molecule has 0 fully saturated rings. The fourth-order valence-electron chi connectivity index (χ4n) is 1.89. The van der Waals surface area contributed by atoms with E-state index in [2.05, 4.69) is 10.3 Å². The molecular weight excluding hydrogens is 284 g/mol. The van der Waals surface area contributed by atoms with Crippen molar-refractivity contribution < 1.29 is 4.79 Å². The molecule has 0 aliphatic carbocycles. The maximum atomic E-state index is 12.2. The van der Waals surface area contributed by atoms with Crippen molar-refractivity contribution in [1.82, 2.24) is 14.1 Å². The van der Waals surface area contributed by atoms with Crippen molar-refractivity contribution in [2.75, 3.05) is 11.2 Å². The third-order valence-corrected chi connectivity index (χ3v) is 3.13. The molecule has 20 heavy (non-hydrogen) atoms. The van der Waals surface area contributed by atoms with Crippen molar-refractivity contribution in [3.05, 3.63) is 33.1 Å². The Bertz CT molecular complexity index is 794. The Morgan fingerprint density at radius 2 is 2.05 bits per heavy atom. The lowest BCUT2D eigenvalue weighted by atomic mass is 10.2. The van der Waals surface area contributed by atoms with Gasteiger partial charge >= 0.3 is 5.69 Å². The van der Waals surface area contributed by atoms with Gasteiger partial charge in [-0.15, -0.1) is 11.6 Å². The summed E-state index contributed by atoms with van der Waals surface area (Å²) in [6.45, 7) is 0. The lowest BCUT2D eigenvalue weighted by Gasteiger charge is -2.10. The molecule has 0 saturated carbocycles. The Kier molecular flexibility index (Phi) is 3.89. The van der Waals surface area contributed by atoms with Crippen molar-refractivity contribution in [3.8, 4) is 0 Å². The quantitative estimate of drug-likeness (QED) is 0.820. The second-order valence-electron chi connectivity index (χ2n) is 4.25. The summed E-state index contributed by atoms with van der Waals surface area (Å²) in [5.74, 6) is -0.117. The molecular formula is C12H13ClN4O3. The van der Waals surface area contributed by atoms with Crippen molar-refractivity contribution in [1.29, 1.82) is 0 Å². The molecule has 106 valence electrons. The molecule has 0 spiro atoms. The molecule has 0 aromatic carbocycles. The summed E-state index contributed by atoms with van der Waals surface area (Å²) in [4.78, 5) is 39.7. The van der Waals surface area contributed by atoms with E-state index in [9.17, 15) is 14.4 Å². The topological polar surface area (TPSA) is 86.0 Å². The van der Waals surface area contributed by atoms with Gasteiger partial charge in [-0.3, -0.25) is 18.7 Å². The third kappa shape index (κ3) is 2.32. The Balaban J connectivity index is 2.72. The zero-order chi connectivity index (χ0) is 14.9. The van der Waals surface area contributed by atoms with E-state index in [-0.39, 0.29) is 29.2 Å². The normalized spacial score (nSPS) is 10.8. The van der Waals surface area contributed by atoms with E-state index in [1.807, 2.05) is 0 Å². The van der Waals surface area contributed by atoms with Crippen LogP contribution in [-0.4, -0.2) is 25.9 Å². The van der Waals surface area contributed by atoms with Gasteiger partial charge in [0.25, 0.3) is 5.56 Å². The van der Waals surface area contributed by atoms with Gasteiger partial charge in [0.05, 0.1) is 5.69 Å². The van der Waals surface area contributed by atoms with Gasteiger partial charge in [-0.05, 0) is 6.07 Å². The number of alkyl halides is 1. The van der Waals surface area contributed by atoms with E-state index < -0.39 is 11.2 Å². The first-order valence-electron chi connectivity index (χ1n) is 5.88. The molecule has 2 aromatic heterocycles. The van der Waals surface area contributed by atoms with Gasteiger partial charge in [0.1, 0.15) is 5.39 Å². The first-order chi connectivity index (χ1) is 9.47. The number of halogens is 1. The Morgan fingerprint density at radius 3 is 2.70 bits per heavy atom. The second-order valence-corrected chi connectivity index (χ2v) is 4.63. The minimum absolute atomic E-state index is 0.136. The summed E-state index contributed by atoms with van der Waals surface area (Å²) >= 11 is 5.50. The van der Waals surface area contributed by atoms with Crippen molar-refractivity contribution >= 4 is 34.2 Å². The van der Waals surface area contributed by atoms with Crippen LogP contribution in [0.1, 0.15) is 6.42 Å². The number of nitrogens with zero attached hydrogens (tertiary/aromatic N) is 3. The molecule has 0 unspecified atom stereocenters. The van der Waals surface area contributed by atoms with E-state index >= 15 is 0 Å². The van der Waals surface area contributed by atoms with Crippen LogP contribution >= 0.6 is 11.6 Å². The molecule has 2 rings (SSSR count). The number of carbonyl (C=O) groups is 1. The molecule has 0 radical (unpaired) electrons. The zero-order valence-corrected chi connectivity index (χ0v) is 11.8. The average Bonchev–Trinajstić information content (AvgIpc) is 2.43. The summed E-state index contributed by atoms with van der Waals surface area (Å²) in [6, 6.07) is 1.51. The minimum Gasteiger partial charge on any atom is -0.325 e. The van der Waals surface area contributed by atoms with Crippen LogP contribution in [-0.2, 0) is 18.9 Å². The average molecular weight is 297 g/mol. The molecule has 1 N–H and O–H groups in total. The van der Waals surface area contributed by atoms with E-state index in [1.165, 1.54) is 30.9 Å². The SMILES string of the molecule is Cn1c(=O)c2c(NC(=O)CCCl)ccnc2n(C)c1=O. The molecule has 1 amide bonds. The van der Waals surface area contributed by atoms with E-state index in [0.29, 0.717) is 5.69 Å². The molecule has 0 atom stereocenters. The highest BCUT2D eigenvalue weighted by Gasteiger charge is 2.14. The predicted octanol–water partition coefficient (Wildman–Crippen LogP) is 0.200. The van der Waals surface area contributed by atoms with Crippen LogP contribution in [0.3, 0.4) is 0 Å². The number of nitrogens with one attached hydrogen (secondary N) is 1. The number of amides is 1. The van der Waals surface area contributed by atoms with Crippen LogP contribution in [0.25, 0.3) is 11.0 Å². The molecule has 2 heterocycles. The van der Waals surface area contributed by atoms with Crippen LogP contribution in [0, 0.1) is 0 Å². The molecule has 7 nitrogen and oxygen atoms in total. The highest BCUT2D eigenvalue weighted by molar-refractivity contribution is 6.19. The lowest BCUT2D eigenvalue weighted by molar-refractivity contribution is -0.115. The van der Waals surface area contributed by atoms with Gasteiger partial charge in [-0.1, -0.05) is 0 Å². The van der Waals surface area contributed by atoms with Crippen molar-refractivity contribution in [2.45, 2.75) is 6.42 Å². The van der Waals surface area contributed by atoms with Crippen LogP contribution in [0.15, 0.2) is 21.9 Å². The summed E-state index contributed by atoms with van der Waals surface area (Å²) in [5, 5.41) is 2.80. The molecule has 8 heteroatoms. The fourth-order valence-corrected chi connectivity index (χ4v) is 2.06. The van der Waals surface area contributed by atoms with Crippen LogP contribution < -0.4 is 16.6 Å². The first-order valence-corrected chi connectivity index (χ1v) is 6.41. The number of anilines is 1. The number of rotatable bonds is 3. The van der Waals surface area contributed by atoms with Gasteiger partial charge < -0.3 is 5.32 Å².